The van der Waals surface area contributed by atoms with Crippen LogP contribution in [0, 0.1) is 0 Å². The van der Waals surface area contributed by atoms with Crippen molar-refractivity contribution in [1.82, 2.24) is 14.2 Å². The second-order valence-corrected chi connectivity index (χ2v) is 5.13. The van der Waals surface area contributed by atoms with E-state index in [1.165, 1.54) is 11.5 Å². The van der Waals surface area contributed by atoms with Crippen molar-refractivity contribution in [3.8, 4) is 5.00 Å². The Kier molecular flexibility index (Phi) is 2.10. The second-order valence-electron chi connectivity index (χ2n) is 4.38. The predicted octanol–water partition coefficient (Wildman–Crippen LogP) is 3.22. The fourth-order valence-electron chi connectivity index (χ4n) is 2.23. The van der Waals surface area contributed by atoms with Gasteiger partial charge in [-0.15, -0.1) is 0 Å². The lowest BCUT2D eigenvalue weighted by atomic mass is 10.2. The monoisotopic (exact) mass is 266 g/mol. The maximum absolute atomic E-state index is 5.86. The van der Waals surface area contributed by atoms with Gasteiger partial charge in [0.2, 0.25) is 0 Å². The Morgan fingerprint density at radius 1 is 1.11 bits per heavy atom. The molecule has 5 heteroatoms. The molecule has 0 aliphatic carbocycles. The lowest BCUT2D eigenvalue weighted by Crippen LogP contribution is -1.94. The highest BCUT2D eigenvalue weighted by molar-refractivity contribution is 7.10. The first-order chi connectivity index (χ1) is 9.33. The van der Waals surface area contributed by atoms with Crippen LogP contribution in [0.3, 0.4) is 0 Å². The average molecular weight is 266 g/mol. The van der Waals surface area contributed by atoms with E-state index in [1.807, 2.05) is 47.3 Å². The predicted molar refractivity (Wildman–Crippen MR) is 78.7 cm³/mol. The number of hydrogen-bond donors (Lipinski definition) is 1. The first-order valence-electron chi connectivity index (χ1n) is 5.91. The topological polar surface area (TPSA) is 56.7 Å². The van der Waals surface area contributed by atoms with E-state index < -0.39 is 0 Å². The highest BCUT2D eigenvalue weighted by atomic mass is 32.1. The normalized spacial score (nSPS) is 11.4. The zero-order chi connectivity index (χ0) is 12.8. The summed E-state index contributed by atoms with van der Waals surface area (Å²) in [6, 6.07) is 13.9. The Bertz CT molecular complexity index is 891. The summed E-state index contributed by atoms with van der Waals surface area (Å²) >= 11 is 1.45. The number of rotatable bonds is 1. The van der Waals surface area contributed by atoms with Gasteiger partial charge in [0.25, 0.3) is 0 Å². The average Bonchev–Trinajstić information content (AvgIpc) is 3.01. The molecule has 4 aromatic rings. The van der Waals surface area contributed by atoms with Gasteiger partial charge in [-0.1, -0.05) is 12.1 Å². The number of benzene rings is 2. The summed E-state index contributed by atoms with van der Waals surface area (Å²) in [4.78, 5) is 0. The van der Waals surface area contributed by atoms with Gasteiger partial charge in [0.05, 0.1) is 17.2 Å². The first kappa shape index (κ1) is 10.5. The molecule has 4 nitrogen and oxygen atoms in total. The molecule has 0 aliphatic rings. The van der Waals surface area contributed by atoms with Gasteiger partial charge in [-0.25, -0.2) is 4.68 Å². The van der Waals surface area contributed by atoms with E-state index in [0.29, 0.717) is 0 Å². The molecule has 2 heterocycles. The van der Waals surface area contributed by atoms with Gasteiger partial charge in [-0.2, -0.15) is 9.47 Å². The standard InChI is InChI=1S/C14H10N4S/c15-10-6-5-9-8-16-18(13(9)7-10)14-11-3-1-2-4-12(11)17-19-14/h1-8H,15H2. The van der Waals surface area contributed by atoms with Crippen LogP contribution >= 0.6 is 11.5 Å². The zero-order valence-corrected chi connectivity index (χ0v) is 10.8. The van der Waals surface area contributed by atoms with Crippen LogP contribution < -0.4 is 5.73 Å². The van der Waals surface area contributed by atoms with Gasteiger partial charge < -0.3 is 5.73 Å². The molecule has 92 valence electrons. The van der Waals surface area contributed by atoms with Crippen molar-refractivity contribution in [2.45, 2.75) is 0 Å². The highest BCUT2D eigenvalue weighted by Gasteiger charge is 2.11. The molecular weight excluding hydrogens is 256 g/mol. The molecule has 0 unspecified atom stereocenters. The van der Waals surface area contributed by atoms with Crippen molar-refractivity contribution in [3.05, 3.63) is 48.7 Å². The Balaban J connectivity index is 2.06. The third kappa shape index (κ3) is 1.52. The van der Waals surface area contributed by atoms with Crippen LogP contribution in [0.2, 0.25) is 0 Å². The van der Waals surface area contributed by atoms with Crippen LogP contribution in [-0.2, 0) is 0 Å². The second kappa shape index (κ2) is 3.80. The fourth-order valence-corrected chi connectivity index (χ4v) is 3.06. The van der Waals surface area contributed by atoms with Gasteiger partial charge in [0.1, 0.15) is 5.00 Å². The molecule has 2 aromatic carbocycles. The molecule has 2 aromatic heterocycles. The highest BCUT2D eigenvalue weighted by Crippen LogP contribution is 2.29. The maximum Gasteiger partial charge on any atom is 0.146 e. The first-order valence-corrected chi connectivity index (χ1v) is 6.68. The van der Waals surface area contributed by atoms with Crippen LogP contribution in [0.25, 0.3) is 26.8 Å². The summed E-state index contributed by atoms with van der Waals surface area (Å²) in [7, 11) is 0. The molecule has 0 radical (unpaired) electrons. The SMILES string of the molecule is Nc1ccc2cnn(-c3snc4ccccc34)c2c1. The molecule has 0 amide bonds. The molecule has 2 N–H and O–H groups in total. The summed E-state index contributed by atoms with van der Waals surface area (Å²) in [5.74, 6) is 0. The van der Waals surface area contributed by atoms with Gasteiger partial charge in [-0.3, -0.25) is 0 Å². The largest absolute Gasteiger partial charge is 0.399 e. The van der Waals surface area contributed by atoms with Gasteiger partial charge in [0.15, 0.2) is 0 Å². The molecule has 0 aliphatic heterocycles. The molecular formula is C14H10N4S. The number of nitrogens with two attached hydrogens (primary N) is 1. The number of anilines is 1. The molecule has 4 rings (SSSR count). The summed E-state index contributed by atoms with van der Waals surface area (Å²) in [6.45, 7) is 0. The van der Waals surface area contributed by atoms with E-state index in [1.54, 1.807) is 0 Å². The number of aromatic nitrogens is 3. The number of nitrogen functional groups attached to an aromatic ring is 1. The van der Waals surface area contributed by atoms with Crippen molar-refractivity contribution >= 4 is 39.0 Å². The van der Waals surface area contributed by atoms with E-state index in [2.05, 4.69) is 15.5 Å². The van der Waals surface area contributed by atoms with E-state index in [0.717, 1.165) is 32.5 Å². The number of fused-ring (bicyclic) bond motifs is 2. The molecule has 0 saturated heterocycles. The quantitative estimate of drug-likeness (QED) is 0.538. The maximum atomic E-state index is 5.86. The smallest absolute Gasteiger partial charge is 0.146 e. The van der Waals surface area contributed by atoms with Crippen LogP contribution in [0.5, 0.6) is 0 Å². The van der Waals surface area contributed by atoms with Crippen molar-refractivity contribution in [1.29, 1.82) is 0 Å². The third-order valence-corrected chi connectivity index (χ3v) is 4.01. The van der Waals surface area contributed by atoms with Crippen LogP contribution in [-0.4, -0.2) is 14.2 Å². The fraction of sp³-hybridized carbons (Fsp3) is 0. The van der Waals surface area contributed by atoms with Crippen LogP contribution in [0.15, 0.2) is 48.7 Å². The van der Waals surface area contributed by atoms with E-state index >= 15 is 0 Å². The molecule has 19 heavy (non-hydrogen) atoms. The minimum atomic E-state index is 0.739. The lowest BCUT2D eigenvalue weighted by molar-refractivity contribution is 0.934. The summed E-state index contributed by atoms with van der Waals surface area (Å²) in [5.41, 5.74) is 8.61. The van der Waals surface area contributed by atoms with Crippen LogP contribution in [0.4, 0.5) is 5.69 Å². The summed E-state index contributed by atoms with van der Waals surface area (Å²) < 4.78 is 6.36. The molecule has 0 saturated carbocycles. The van der Waals surface area contributed by atoms with Gasteiger partial charge >= 0.3 is 0 Å². The molecule has 0 atom stereocenters. The zero-order valence-electron chi connectivity index (χ0n) is 9.95. The van der Waals surface area contributed by atoms with E-state index in [4.69, 9.17) is 5.73 Å². The Labute approximate surface area is 113 Å². The third-order valence-electron chi connectivity index (χ3n) is 3.15. The lowest BCUT2D eigenvalue weighted by Gasteiger charge is -2.01. The number of hydrogen-bond acceptors (Lipinski definition) is 4. The summed E-state index contributed by atoms with van der Waals surface area (Å²) in [6.07, 6.45) is 1.85. The van der Waals surface area contributed by atoms with Crippen molar-refractivity contribution in [2.75, 3.05) is 5.73 Å². The van der Waals surface area contributed by atoms with E-state index in [9.17, 15) is 0 Å². The van der Waals surface area contributed by atoms with E-state index in [-0.39, 0.29) is 0 Å². The van der Waals surface area contributed by atoms with Crippen LogP contribution in [0.1, 0.15) is 0 Å². The van der Waals surface area contributed by atoms with Crippen molar-refractivity contribution in [2.24, 2.45) is 0 Å². The number of nitrogens with zero attached hydrogens (tertiary/aromatic N) is 3. The Morgan fingerprint density at radius 3 is 2.95 bits per heavy atom. The van der Waals surface area contributed by atoms with Crippen molar-refractivity contribution < 1.29 is 0 Å². The minimum absolute atomic E-state index is 0.739. The molecule has 0 spiro atoms. The minimum Gasteiger partial charge on any atom is -0.399 e. The van der Waals surface area contributed by atoms with Gasteiger partial charge in [-0.05, 0) is 41.9 Å². The Morgan fingerprint density at radius 2 is 2.00 bits per heavy atom. The Hall–Kier alpha value is -2.40. The molecule has 0 bridgehead atoms. The van der Waals surface area contributed by atoms with Gasteiger partial charge in [0, 0.05) is 16.5 Å². The molecule has 0 fully saturated rings. The summed E-state index contributed by atoms with van der Waals surface area (Å²) in [5, 5.41) is 7.67. The van der Waals surface area contributed by atoms with Crippen molar-refractivity contribution in [3.63, 3.8) is 0 Å².